The van der Waals surface area contributed by atoms with E-state index in [0.717, 1.165) is 12.1 Å². The van der Waals surface area contributed by atoms with Crippen molar-refractivity contribution in [3.8, 4) is 0 Å². The summed E-state index contributed by atoms with van der Waals surface area (Å²) in [4.78, 5) is 0. The van der Waals surface area contributed by atoms with Crippen molar-refractivity contribution < 1.29 is 0 Å². The molecule has 4 N–H and O–H groups in total. The molecule has 0 bridgehead atoms. The van der Waals surface area contributed by atoms with Crippen LogP contribution in [0.25, 0.3) is 0 Å². The smallest absolute Gasteiger partial charge is 0.211 e. The highest BCUT2D eigenvalue weighted by atomic mass is 35.5. The van der Waals surface area contributed by atoms with Crippen molar-refractivity contribution in [2.24, 2.45) is 27.6 Å². The lowest BCUT2D eigenvalue weighted by molar-refractivity contribution is 0.557. The Kier molecular flexibility index (Phi) is 5.46. The molecule has 0 aromatic rings. The van der Waals surface area contributed by atoms with E-state index in [1.807, 2.05) is 0 Å². The molecule has 0 saturated heterocycles. The number of guanidine groups is 1. The van der Waals surface area contributed by atoms with Gasteiger partial charge in [0.25, 0.3) is 0 Å². The molecule has 1 aliphatic rings. The Labute approximate surface area is 84.9 Å². The first-order chi connectivity index (χ1) is 5.70. The van der Waals surface area contributed by atoms with Crippen molar-refractivity contribution in [1.29, 1.82) is 0 Å². The summed E-state index contributed by atoms with van der Waals surface area (Å²) in [5, 5.41) is 7.68. The molecule has 76 valence electrons. The van der Waals surface area contributed by atoms with Crippen LogP contribution < -0.4 is 11.5 Å². The molecule has 4 nitrogen and oxygen atoms in total. The predicted octanol–water partition coefficient (Wildman–Crippen LogP) is 1.25. The molecule has 0 aromatic carbocycles. The van der Waals surface area contributed by atoms with Gasteiger partial charge in [-0.05, 0) is 25.2 Å². The third-order valence-corrected chi connectivity index (χ3v) is 2.18. The summed E-state index contributed by atoms with van der Waals surface area (Å²) in [7, 11) is 0. The van der Waals surface area contributed by atoms with E-state index in [2.05, 4.69) is 17.1 Å². The molecule has 0 heterocycles. The van der Waals surface area contributed by atoms with E-state index in [4.69, 9.17) is 11.5 Å². The highest BCUT2D eigenvalue weighted by Gasteiger charge is 2.15. The normalized spacial score (nSPS) is 25.0. The van der Waals surface area contributed by atoms with Crippen LogP contribution in [-0.4, -0.2) is 11.7 Å². The van der Waals surface area contributed by atoms with Crippen molar-refractivity contribution in [3.05, 3.63) is 0 Å². The van der Waals surface area contributed by atoms with Gasteiger partial charge in [-0.15, -0.1) is 17.5 Å². The van der Waals surface area contributed by atoms with Gasteiger partial charge >= 0.3 is 0 Å². The van der Waals surface area contributed by atoms with Crippen LogP contribution in [0.15, 0.2) is 10.2 Å². The first kappa shape index (κ1) is 12.2. The number of nitrogens with two attached hydrogens (primary N) is 2. The molecule has 1 rings (SSSR count). The van der Waals surface area contributed by atoms with E-state index in [1.54, 1.807) is 0 Å². The fourth-order valence-corrected chi connectivity index (χ4v) is 1.44. The van der Waals surface area contributed by atoms with Crippen LogP contribution in [0.3, 0.4) is 0 Å². The zero-order chi connectivity index (χ0) is 8.97. The molecular formula is C8H17ClN4. The van der Waals surface area contributed by atoms with Crippen LogP contribution in [0, 0.1) is 5.92 Å². The molecule has 5 heteroatoms. The van der Waals surface area contributed by atoms with Crippen molar-refractivity contribution in [2.75, 3.05) is 0 Å². The summed E-state index contributed by atoms with van der Waals surface area (Å²) in [5.41, 5.74) is 11.5. The second kappa shape index (κ2) is 5.80. The SMILES string of the molecule is CC1CCCC/C1=N/N=C(N)N.Cl. The third kappa shape index (κ3) is 4.12. The van der Waals surface area contributed by atoms with E-state index in [0.29, 0.717) is 5.92 Å². The number of halogens is 1. The zero-order valence-corrected chi connectivity index (χ0v) is 8.68. The van der Waals surface area contributed by atoms with Crippen LogP contribution in [0.1, 0.15) is 32.6 Å². The first-order valence-electron chi connectivity index (χ1n) is 4.35. The Bertz CT molecular complexity index is 208. The molecule has 0 amide bonds. The summed E-state index contributed by atoms with van der Waals surface area (Å²) in [6, 6.07) is 0. The molecule has 1 fully saturated rings. The van der Waals surface area contributed by atoms with Gasteiger partial charge in [0.15, 0.2) is 0 Å². The Hall–Kier alpha value is -0.770. The minimum Gasteiger partial charge on any atom is -0.369 e. The maximum absolute atomic E-state index is 5.18. The lowest BCUT2D eigenvalue weighted by Crippen LogP contribution is -2.23. The largest absolute Gasteiger partial charge is 0.369 e. The van der Waals surface area contributed by atoms with Gasteiger partial charge in [-0.3, -0.25) is 0 Å². The highest BCUT2D eigenvalue weighted by molar-refractivity contribution is 5.88. The number of nitrogens with zero attached hydrogens (tertiary/aromatic N) is 2. The van der Waals surface area contributed by atoms with E-state index in [1.165, 1.54) is 19.3 Å². The summed E-state index contributed by atoms with van der Waals surface area (Å²) >= 11 is 0. The van der Waals surface area contributed by atoms with E-state index >= 15 is 0 Å². The average Bonchev–Trinajstić information content (AvgIpc) is 2.03. The van der Waals surface area contributed by atoms with Crippen molar-refractivity contribution in [1.82, 2.24) is 0 Å². The summed E-state index contributed by atoms with van der Waals surface area (Å²) in [6.45, 7) is 2.17. The zero-order valence-electron chi connectivity index (χ0n) is 7.86. The van der Waals surface area contributed by atoms with Crippen LogP contribution in [0.2, 0.25) is 0 Å². The lowest BCUT2D eigenvalue weighted by Gasteiger charge is -2.18. The molecule has 1 saturated carbocycles. The first-order valence-corrected chi connectivity index (χ1v) is 4.35. The van der Waals surface area contributed by atoms with Crippen molar-refractivity contribution in [2.45, 2.75) is 32.6 Å². The molecule has 1 atom stereocenters. The fourth-order valence-electron chi connectivity index (χ4n) is 1.44. The fraction of sp³-hybridized carbons (Fsp3) is 0.750. The maximum Gasteiger partial charge on any atom is 0.211 e. The van der Waals surface area contributed by atoms with E-state index in [9.17, 15) is 0 Å². The number of hydrogen-bond donors (Lipinski definition) is 2. The van der Waals surface area contributed by atoms with Crippen LogP contribution in [0.5, 0.6) is 0 Å². The predicted molar refractivity (Wildman–Crippen MR) is 58.1 cm³/mol. The standard InChI is InChI=1S/C8H16N4.ClH/c1-6-4-2-3-5-7(6)11-12-8(9)10;/h6H,2-5H2,1H3,(H4,9,10,12);1H/b11-7-;. The Morgan fingerprint density at radius 2 is 2.08 bits per heavy atom. The van der Waals surface area contributed by atoms with Crippen molar-refractivity contribution in [3.63, 3.8) is 0 Å². The Morgan fingerprint density at radius 1 is 1.38 bits per heavy atom. The Morgan fingerprint density at radius 3 is 2.62 bits per heavy atom. The second-order valence-electron chi connectivity index (χ2n) is 3.26. The monoisotopic (exact) mass is 204 g/mol. The number of hydrogen-bond acceptors (Lipinski definition) is 2. The highest BCUT2D eigenvalue weighted by Crippen LogP contribution is 2.20. The van der Waals surface area contributed by atoms with Crippen molar-refractivity contribution >= 4 is 24.1 Å². The van der Waals surface area contributed by atoms with E-state index in [-0.39, 0.29) is 18.4 Å². The summed E-state index contributed by atoms with van der Waals surface area (Å²) < 4.78 is 0. The molecule has 0 aliphatic heterocycles. The second-order valence-corrected chi connectivity index (χ2v) is 3.26. The maximum atomic E-state index is 5.18. The van der Waals surface area contributed by atoms with Crippen LogP contribution in [-0.2, 0) is 0 Å². The summed E-state index contributed by atoms with van der Waals surface area (Å²) in [5.74, 6) is 0.585. The molecular weight excluding hydrogens is 188 g/mol. The topological polar surface area (TPSA) is 76.8 Å². The molecule has 0 aromatic heterocycles. The van der Waals surface area contributed by atoms with Gasteiger partial charge in [0.2, 0.25) is 5.96 Å². The molecule has 1 aliphatic carbocycles. The van der Waals surface area contributed by atoms with E-state index < -0.39 is 0 Å². The Balaban J connectivity index is 0.00000144. The minimum absolute atomic E-state index is 0. The molecule has 0 spiro atoms. The van der Waals surface area contributed by atoms with Gasteiger partial charge < -0.3 is 11.5 Å². The molecule has 0 radical (unpaired) electrons. The van der Waals surface area contributed by atoms with Crippen LogP contribution in [0.4, 0.5) is 0 Å². The van der Waals surface area contributed by atoms with Gasteiger partial charge in [-0.25, -0.2) is 0 Å². The van der Waals surface area contributed by atoms with Crippen LogP contribution >= 0.6 is 12.4 Å². The van der Waals surface area contributed by atoms with Gasteiger partial charge in [-0.1, -0.05) is 13.3 Å². The lowest BCUT2D eigenvalue weighted by atomic mass is 9.89. The van der Waals surface area contributed by atoms with Gasteiger partial charge in [0, 0.05) is 5.71 Å². The van der Waals surface area contributed by atoms with Gasteiger partial charge in [0.05, 0.1) is 0 Å². The van der Waals surface area contributed by atoms with Gasteiger partial charge in [0.1, 0.15) is 0 Å². The quantitative estimate of drug-likeness (QED) is 0.383. The minimum atomic E-state index is 0. The molecule has 13 heavy (non-hydrogen) atoms. The average molecular weight is 205 g/mol. The molecule has 1 unspecified atom stereocenters. The number of rotatable bonds is 1. The summed E-state index contributed by atoms with van der Waals surface area (Å²) in [6.07, 6.45) is 4.75. The third-order valence-electron chi connectivity index (χ3n) is 2.18. The van der Waals surface area contributed by atoms with Gasteiger partial charge in [-0.2, -0.15) is 5.10 Å².